The van der Waals surface area contributed by atoms with Gasteiger partial charge in [-0.3, -0.25) is 19.1 Å². The SMILES string of the molecule is CCCn1c(NCCc2ccccc2)c(/C=C2/SC(=S)N(Cc3ccccc3)C2=O)c(C)c(C#N)c1=O. The molecule has 0 radical (unpaired) electrons. The van der Waals surface area contributed by atoms with Gasteiger partial charge >= 0.3 is 0 Å². The lowest BCUT2D eigenvalue weighted by Gasteiger charge is -2.20. The summed E-state index contributed by atoms with van der Waals surface area (Å²) in [5.41, 5.74) is 3.15. The summed E-state index contributed by atoms with van der Waals surface area (Å²) in [5.74, 6) is 0.438. The summed E-state index contributed by atoms with van der Waals surface area (Å²) >= 11 is 6.78. The van der Waals surface area contributed by atoms with Gasteiger partial charge in [-0.2, -0.15) is 5.26 Å². The fraction of sp³-hybridized carbons (Fsp3) is 0.241. The highest BCUT2D eigenvalue weighted by atomic mass is 32.2. The van der Waals surface area contributed by atoms with E-state index in [0.29, 0.717) is 45.8 Å². The van der Waals surface area contributed by atoms with Gasteiger partial charge in [-0.15, -0.1) is 0 Å². The maximum atomic E-state index is 13.4. The number of benzene rings is 2. The van der Waals surface area contributed by atoms with Crippen molar-refractivity contribution in [3.63, 3.8) is 0 Å². The predicted molar refractivity (Wildman–Crippen MR) is 154 cm³/mol. The van der Waals surface area contributed by atoms with Gasteiger partial charge in [0.2, 0.25) is 0 Å². The first kappa shape index (κ1) is 26.4. The number of carbonyl (C=O) groups is 1. The van der Waals surface area contributed by atoms with Crippen LogP contribution in [0.1, 0.15) is 41.2 Å². The van der Waals surface area contributed by atoms with Crippen molar-refractivity contribution in [1.82, 2.24) is 9.47 Å². The molecule has 0 saturated carbocycles. The highest BCUT2D eigenvalue weighted by molar-refractivity contribution is 8.26. The molecule has 1 aliphatic rings. The lowest BCUT2D eigenvalue weighted by molar-refractivity contribution is -0.122. The molecule has 1 fully saturated rings. The van der Waals surface area contributed by atoms with Gasteiger partial charge in [0.05, 0.1) is 11.4 Å². The third kappa shape index (κ3) is 5.85. The number of aromatic nitrogens is 1. The molecule has 37 heavy (non-hydrogen) atoms. The number of rotatable bonds is 9. The van der Waals surface area contributed by atoms with Gasteiger partial charge in [0.1, 0.15) is 21.8 Å². The summed E-state index contributed by atoms with van der Waals surface area (Å²) in [6.07, 6.45) is 3.26. The number of pyridine rings is 1. The molecule has 3 aromatic rings. The topological polar surface area (TPSA) is 78.1 Å². The summed E-state index contributed by atoms with van der Waals surface area (Å²) in [5, 5.41) is 13.2. The fourth-order valence-electron chi connectivity index (χ4n) is 4.29. The number of thioether (sulfide) groups is 1. The summed E-state index contributed by atoms with van der Waals surface area (Å²) in [6.45, 7) is 5.18. The number of nitriles is 1. The lowest BCUT2D eigenvalue weighted by Crippen LogP contribution is -2.29. The van der Waals surface area contributed by atoms with E-state index in [0.717, 1.165) is 18.4 Å². The Labute approximate surface area is 226 Å². The molecule has 2 aromatic carbocycles. The molecule has 1 saturated heterocycles. The number of carbonyl (C=O) groups excluding carboxylic acids is 1. The standard InChI is InChI=1S/C29H28N4O2S2/c1-3-16-32-26(31-15-14-21-10-6-4-7-11-21)23(20(2)24(18-30)27(32)34)17-25-28(35)33(29(36)37-25)19-22-12-8-5-9-13-22/h4-13,17,31H,3,14-16,19H2,1-2H3/b25-17+. The molecule has 1 amide bonds. The summed E-state index contributed by atoms with van der Waals surface area (Å²) in [6, 6.07) is 21.9. The second-order valence-electron chi connectivity index (χ2n) is 8.75. The second-order valence-corrected chi connectivity index (χ2v) is 10.4. The molecule has 188 valence electrons. The maximum absolute atomic E-state index is 13.4. The summed E-state index contributed by atoms with van der Waals surface area (Å²) in [4.78, 5) is 28.6. The van der Waals surface area contributed by atoms with Crippen molar-refractivity contribution >= 4 is 46.1 Å². The van der Waals surface area contributed by atoms with E-state index in [2.05, 4.69) is 23.5 Å². The van der Waals surface area contributed by atoms with Crippen LogP contribution in [0.25, 0.3) is 6.08 Å². The van der Waals surface area contributed by atoms with Gasteiger partial charge in [-0.1, -0.05) is 91.6 Å². The van der Waals surface area contributed by atoms with E-state index in [1.807, 2.05) is 55.5 Å². The Bertz CT molecular complexity index is 1440. The minimum Gasteiger partial charge on any atom is -0.371 e. The smallest absolute Gasteiger partial charge is 0.270 e. The third-order valence-electron chi connectivity index (χ3n) is 6.20. The van der Waals surface area contributed by atoms with E-state index in [-0.39, 0.29) is 17.0 Å². The quantitative estimate of drug-likeness (QED) is 0.292. The van der Waals surface area contributed by atoms with Gasteiger partial charge in [0, 0.05) is 18.7 Å². The summed E-state index contributed by atoms with van der Waals surface area (Å²) < 4.78 is 2.10. The monoisotopic (exact) mass is 528 g/mol. The van der Waals surface area contributed by atoms with E-state index in [9.17, 15) is 14.9 Å². The zero-order chi connectivity index (χ0) is 26.4. The first-order valence-corrected chi connectivity index (χ1v) is 13.4. The minimum atomic E-state index is -0.321. The molecule has 0 aliphatic carbocycles. The molecule has 2 heterocycles. The van der Waals surface area contributed by atoms with Crippen LogP contribution in [-0.4, -0.2) is 26.2 Å². The molecular weight excluding hydrogens is 500 g/mol. The Hall–Kier alpha value is -3.67. The lowest BCUT2D eigenvalue weighted by atomic mass is 10.0. The molecular formula is C29H28N4O2S2. The Morgan fingerprint density at radius 3 is 2.32 bits per heavy atom. The van der Waals surface area contributed by atoms with E-state index in [1.54, 1.807) is 22.5 Å². The number of thiocarbonyl (C=S) groups is 1. The Kier molecular flexibility index (Phi) is 8.59. The number of hydrogen-bond acceptors (Lipinski definition) is 6. The van der Waals surface area contributed by atoms with Crippen molar-refractivity contribution in [2.45, 2.75) is 39.8 Å². The van der Waals surface area contributed by atoms with Crippen molar-refractivity contribution in [2.24, 2.45) is 0 Å². The molecule has 0 atom stereocenters. The van der Waals surface area contributed by atoms with Crippen molar-refractivity contribution in [1.29, 1.82) is 5.26 Å². The number of nitrogens with one attached hydrogen (secondary N) is 1. The maximum Gasteiger partial charge on any atom is 0.270 e. The van der Waals surface area contributed by atoms with Crippen molar-refractivity contribution in [3.05, 3.63) is 104 Å². The molecule has 6 nitrogen and oxygen atoms in total. The van der Waals surface area contributed by atoms with Crippen LogP contribution >= 0.6 is 24.0 Å². The van der Waals surface area contributed by atoms with Gasteiger partial charge in [-0.25, -0.2) is 0 Å². The number of nitrogens with zero attached hydrogens (tertiary/aromatic N) is 3. The number of amides is 1. The van der Waals surface area contributed by atoms with Crippen molar-refractivity contribution in [3.8, 4) is 6.07 Å². The highest BCUT2D eigenvalue weighted by Gasteiger charge is 2.33. The molecule has 0 bridgehead atoms. The predicted octanol–water partition coefficient (Wildman–Crippen LogP) is 5.49. The Morgan fingerprint density at radius 2 is 1.70 bits per heavy atom. The van der Waals surface area contributed by atoms with Crippen LogP contribution in [0.3, 0.4) is 0 Å². The van der Waals surface area contributed by atoms with Crippen LogP contribution in [-0.2, 0) is 24.3 Å². The van der Waals surface area contributed by atoms with Crippen LogP contribution in [0.5, 0.6) is 0 Å². The van der Waals surface area contributed by atoms with Crippen LogP contribution in [0.2, 0.25) is 0 Å². The zero-order valence-electron chi connectivity index (χ0n) is 20.9. The van der Waals surface area contributed by atoms with Crippen molar-refractivity contribution in [2.75, 3.05) is 11.9 Å². The fourth-order valence-corrected chi connectivity index (χ4v) is 5.53. The van der Waals surface area contributed by atoms with Crippen LogP contribution in [0, 0.1) is 18.3 Å². The molecule has 0 spiro atoms. The second kappa shape index (κ2) is 12.0. The van der Waals surface area contributed by atoms with E-state index >= 15 is 0 Å². The van der Waals surface area contributed by atoms with Gasteiger partial charge in [-0.05, 0) is 42.5 Å². The molecule has 1 N–H and O–H groups in total. The zero-order valence-corrected chi connectivity index (χ0v) is 22.5. The molecule has 1 aromatic heterocycles. The first-order valence-electron chi connectivity index (χ1n) is 12.2. The van der Waals surface area contributed by atoms with E-state index < -0.39 is 0 Å². The molecule has 0 unspecified atom stereocenters. The average Bonchev–Trinajstić information content (AvgIpc) is 3.17. The van der Waals surface area contributed by atoms with Crippen LogP contribution in [0.4, 0.5) is 5.82 Å². The molecule has 8 heteroatoms. The third-order valence-corrected chi connectivity index (χ3v) is 7.58. The van der Waals surface area contributed by atoms with Gasteiger partial charge in [0.25, 0.3) is 11.5 Å². The Morgan fingerprint density at radius 1 is 1.05 bits per heavy atom. The molecule has 4 rings (SSSR count). The van der Waals surface area contributed by atoms with E-state index in [1.165, 1.54) is 17.3 Å². The normalized spacial score (nSPS) is 14.3. The number of hydrogen-bond donors (Lipinski definition) is 1. The van der Waals surface area contributed by atoms with Crippen molar-refractivity contribution < 1.29 is 4.79 Å². The van der Waals surface area contributed by atoms with Crippen LogP contribution in [0.15, 0.2) is 70.4 Å². The largest absolute Gasteiger partial charge is 0.371 e. The first-order chi connectivity index (χ1) is 17.9. The number of anilines is 1. The summed E-state index contributed by atoms with van der Waals surface area (Å²) in [7, 11) is 0. The van der Waals surface area contributed by atoms with E-state index in [4.69, 9.17) is 12.2 Å². The van der Waals surface area contributed by atoms with Gasteiger partial charge in [0.15, 0.2) is 0 Å². The molecule has 1 aliphatic heterocycles. The van der Waals surface area contributed by atoms with Crippen LogP contribution < -0.4 is 10.9 Å². The average molecular weight is 529 g/mol. The van der Waals surface area contributed by atoms with Gasteiger partial charge < -0.3 is 5.32 Å². The minimum absolute atomic E-state index is 0.0908. The highest BCUT2D eigenvalue weighted by Crippen LogP contribution is 2.35. The Balaban J connectivity index is 1.73.